The van der Waals surface area contributed by atoms with Gasteiger partial charge in [-0.05, 0) is 36.9 Å². The van der Waals surface area contributed by atoms with Crippen LogP contribution in [-0.4, -0.2) is 19.6 Å². The third kappa shape index (κ3) is 1.52. The summed E-state index contributed by atoms with van der Waals surface area (Å²) in [6.45, 7) is 3.62. The van der Waals surface area contributed by atoms with Gasteiger partial charge in [0.25, 0.3) is 10.0 Å². The lowest BCUT2D eigenvalue weighted by atomic mass is 10.0. The smallest absolute Gasteiger partial charge is 0.265 e. The van der Waals surface area contributed by atoms with Gasteiger partial charge in [-0.25, -0.2) is 8.42 Å². The molecule has 1 aliphatic heterocycles. The van der Waals surface area contributed by atoms with Crippen LogP contribution in [0.25, 0.3) is 10.8 Å². The van der Waals surface area contributed by atoms with Crippen molar-refractivity contribution in [1.29, 1.82) is 0 Å². The zero-order chi connectivity index (χ0) is 13.8. The number of rotatable bonds is 2. The van der Waals surface area contributed by atoms with E-state index in [-0.39, 0.29) is 12.6 Å². The Morgan fingerprint density at radius 1 is 1.21 bits per heavy atom. The molecule has 0 radical (unpaired) electrons. The van der Waals surface area contributed by atoms with Gasteiger partial charge in [-0.3, -0.25) is 4.31 Å². The van der Waals surface area contributed by atoms with Gasteiger partial charge in [0.05, 0.1) is 17.2 Å². The molecule has 0 spiro atoms. The lowest BCUT2D eigenvalue weighted by Crippen LogP contribution is -2.33. The minimum absolute atomic E-state index is 0.0953. The predicted octanol–water partition coefficient (Wildman–Crippen LogP) is 2.25. The molecule has 3 rings (SSSR count). The maximum absolute atomic E-state index is 12.6. The molecule has 5 heteroatoms. The van der Waals surface area contributed by atoms with E-state index in [1.54, 1.807) is 12.1 Å². The van der Waals surface area contributed by atoms with Gasteiger partial charge in [0, 0.05) is 11.4 Å². The van der Waals surface area contributed by atoms with Crippen molar-refractivity contribution in [2.75, 3.05) is 4.31 Å². The molecule has 0 bridgehead atoms. The van der Waals surface area contributed by atoms with Crippen molar-refractivity contribution in [1.82, 2.24) is 0 Å². The highest BCUT2D eigenvalue weighted by Gasteiger charge is 2.37. The SMILES string of the molecule is CC(C)N1c2cccc3c(CO)ccc(c23)S1(=O)=O. The first kappa shape index (κ1) is 12.4. The molecule has 0 aromatic heterocycles. The van der Waals surface area contributed by atoms with Crippen LogP contribution in [0.3, 0.4) is 0 Å². The van der Waals surface area contributed by atoms with Crippen LogP contribution in [0.5, 0.6) is 0 Å². The normalized spacial score (nSPS) is 16.5. The lowest BCUT2D eigenvalue weighted by Gasteiger charge is -2.22. The van der Waals surface area contributed by atoms with Gasteiger partial charge in [0.15, 0.2) is 0 Å². The minimum Gasteiger partial charge on any atom is -0.392 e. The van der Waals surface area contributed by atoms with Gasteiger partial charge >= 0.3 is 0 Å². The van der Waals surface area contributed by atoms with Crippen LogP contribution in [0.4, 0.5) is 5.69 Å². The monoisotopic (exact) mass is 277 g/mol. The van der Waals surface area contributed by atoms with E-state index in [2.05, 4.69) is 0 Å². The summed E-state index contributed by atoms with van der Waals surface area (Å²) in [4.78, 5) is 0.337. The highest BCUT2D eigenvalue weighted by atomic mass is 32.2. The Morgan fingerprint density at radius 2 is 1.95 bits per heavy atom. The van der Waals surface area contributed by atoms with Crippen LogP contribution in [0, 0.1) is 0 Å². The molecule has 0 saturated heterocycles. The number of aliphatic hydroxyl groups excluding tert-OH is 1. The average molecular weight is 277 g/mol. The number of aliphatic hydroxyl groups is 1. The Bertz CT molecular complexity index is 766. The third-order valence-corrected chi connectivity index (χ3v) is 5.52. The molecular weight excluding hydrogens is 262 g/mol. The number of hydrogen-bond acceptors (Lipinski definition) is 3. The van der Waals surface area contributed by atoms with E-state index in [1.165, 1.54) is 4.31 Å². The van der Waals surface area contributed by atoms with Crippen molar-refractivity contribution in [2.24, 2.45) is 0 Å². The molecule has 1 heterocycles. The summed E-state index contributed by atoms with van der Waals surface area (Å²) >= 11 is 0. The van der Waals surface area contributed by atoms with Crippen molar-refractivity contribution < 1.29 is 13.5 Å². The lowest BCUT2D eigenvalue weighted by molar-refractivity contribution is 0.283. The van der Waals surface area contributed by atoms with E-state index in [0.717, 1.165) is 16.3 Å². The molecule has 0 fully saturated rings. The second-order valence-electron chi connectivity index (χ2n) is 4.98. The van der Waals surface area contributed by atoms with Crippen LogP contribution < -0.4 is 4.31 Å². The Labute approximate surface area is 112 Å². The van der Waals surface area contributed by atoms with E-state index >= 15 is 0 Å². The molecule has 4 nitrogen and oxygen atoms in total. The number of benzene rings is 2. The van der Waals surface area contributed by atoms with E-state index in [0.29, 0.717) is 10.6 Å². The number of anilines is 1. The van der Waals surface area contributed by atoms with Gasteiger partial charge in [-0.15, -0.1) is 0 Å². The Kier molecular flexibility index (Phi) is 2.59. The summed E-state index contributed by atoms with van der Waals surface area (Å²) in [7, 11) is -3.47. The van der Waals surface area contributed by atoms with E-state index in [1.807, 2.05) is 32.0 Å². The summed E-state index contributed by atoms with van der Waals surface area (Å²) in [5, 5.41) is 10.9. The first-order chi connectivity index (χ1) is 8.98. The second kappa shape index (κ2) is 3.95. The number of nitrogens with zero attached hydrogens (tertiary/aromatic N) is 1. The Balaban J connectivity index is 2.48. The fraction of sp³-hybridized carbons (Fsp3) is 0.286. The molecule has 1 aliphatic rings. The molecule has 100 valence electrons. The van der Waals surface area contributed by atoms with Crippen molar-refractivity contribution in [2.45, 2.75) is 31.4 Å². The summed E-state index contributed by atoms with van der Waals surface area (Å²) in [6.07, 6.45) is 0. The highest BCUT2D eigenvalue weighted by Crippen LogP contribution is 2.44. The van der Waals surface area contributed by atoms with Crippen LogP contribution in [0.1, 0.15) is 19.4 Å². The third-order valence-electron chi connectivity index (χ3n) is 3.48. The molecule has 2 aromatic rings. The first-order valence-electron chi connectivity index (χ1n) is 6.18. The zero-order valence-electron chi connectivity index (χ0n) is 10.8. The molecule has 19 heavy (non-hydrogen) atoms. The van der Waals surface area contributed by atoms with Gasteiger partial charge in [-0.1, -0.05) is 18.2 Å². The summed E-state index contributed by atoms with van der Waals surface area (Å²) in [6, 6.07) is 8.64. The largest absolute Gasteiger partial charge is 0.392 e. The number of sulfonamides is 1. The molecule has 2 aromatic carbocycles. The van der Waals surface area contributed by atoms with E-state index < -0.39 is 10.0 Å². The molecule has 0 unspecified atom stereocenters. The zero-order valence-corrected chi connectivity index (χ0v) is 11.6. The maximum atomic E-state index is 12.6. The van der Waals surface area contributed by atoms with Crippen LogP contribution in [0.15, 0.2) is 35.2 Å². The van der Waals surface area contributed by atoms with Gasteiger partial charge in [0.2, 0.25) is 0 Å². The van der Waals surface area contributed by atoms with Crippen LogP contribution in [0.2, 0.25) is 0 Å². The first-order valence-corrected chi connectivity index (χ1v) is 7.62. The topological polar surface area (TPSA) is 57.6 Å². The van der Waals surface area contributed by atoms with Gasteiger partial charge in [-0.2, -0.15) is 0 Å². The van der Waals surface area contributed by atoms with Gasteiger partial charge in [0.1, 0.15) is 0 Å². The predicted molar refractivity (Wildman–Crippen MR) is 74.7 cm³/mol. The van der Waals surface area contributed by atoms with Crippen LogP contribution in [-0.2, 0) is 16.6 Å². The average Bonchev–Trinajstić information content (AvgIpc) is 2.59. The van der Waals surface area contributed by atoms with Crippen molar-refractivity contribution in [3.63, 3.8) is 0 Å². The van der Waals surface area contributed by atoms with E-state index in [4.69, 9.17) is 0 Å². The van der Waals surface area contributed by atoms with Crippen molar-refractivity contribution >= 4 is 26.5 Å². The molecule has 0 aliphatic carbocycles. The van der Waals surface area contributed by atoms with E-state index in [9.17, 15) is 13.5 Å². The second-order valence-corrected chi connectivity index (χ2v) is 6.76. The fourth-order valence-corrected chi connectivity index (χ4v) is 4.63. The molecule has 0 amide bonds. The van der Waals surface area contributed by atoms with Crippen molar-refractivity contribution in [3.8, 4) is 0 Å². The van der Waals surface area contributed by atoms with Crippen molar-refractivity contribution in [3.05, 3.63) is 35.9 Å². The Hall–Kier alpha value is -1.59. The summed E-state index contributed by atoms with van der Waals surface area (Å²) < 4.78 is 26.6. The molecule has 0 atom stereocenters. The summed E-state index contributed by atoms with van der Waals surface area (Å²) in [5.74, 6) is 0. The summed E-state index contributed by atoms with van der Waals surface area (Å²) in [5.41, 5.74) is 1.46. The maximum Gasteiger partial charge on any atom is 0.265 e. The quantitative estimate of drug-likeness (QED) is 0.916. The highest BCUT2D eigenvalue weighted by molar-refractivity contribution is 7.93. The number of hydrogen-bond donors (Lipinski definition) is 1. The Morgan fingerprint density at radius 3 is 2.58 bits per heavy atom. The minimum atomic E-state index is -3.47. The van der Waals surface area contributed by atoms with Gasteiger partial charge < -0.3 is 5.11 Å². The fourth-order valence-electron chi connectivity index (χ4n) is 2.74. The molecule has 0 saturated carbocycles. The van der Waals surface area contributed by atoms with Crippen LogP contribution >= 0.6 is 0 Å². The molecule has 1 N–H and O–H groups in total. The standard InChI is InChI=1S/C14H15NO3S/c1-9(2)15-12-5-3-4-11-10(8-16)6-7-13(14(11)12)19(15,17)18/h3-7,9,16H,8H2,1-2H3. The molecular formula is C14H15NO3S.